The summed E-state index contributed by atoms with van der Waals surface area (Å²) in [7, 11) is 2.77. The molecule has 0 amide bonds. The van der Waals surface area contributed by atoms with Crippen LogP contribution < -0.4 is 32.8 Å². The Hall–Kier alpha value is -7.07. The van der Waals surface area contributed by atoms with Crippen molar-refractivity contribution in [1.82, 2.24) is 43.5 Å². The van der Waals surface area contributed by atoms with Crippen LogP contribution in [0.4, 0.5) is 27.4 Å². The highest BCUT2D eigenvalue weighted by molar-refractivity contribution is 6.62. The van der Waals surface area contributed by atoms with Gasteiger partial charge in [-0.05, 0) is 74.6 Å². The van der Waals surface area contributed by atoms with Gasteiger partial charge in [0.15, 0.2) is 23.7 Å². The van der Waals surface area contributed by atoms with Gasteiger partial charge in [-0.25, -0.2) is 9.37 Å². The summed E-state index contributed by atoms with van der Waals surface area (Å²) in [5, 5.41) is 19.7. The van der Waals surface area contributed by atoms with Crippen molar-refractivity contribution in [2.24, 2.45) is 14.1 Å². The summed E-state index contributed by atoms with van der Waals surface area (Å²) >= 11 is 0. The molecule has 1 fully saturated rings. The summed E-state index contributed by atoms with van der Waals surface area (Å²) < 4.78 is 45.9. The highest BCUT2D eigenvalue weighted by atomic mass is 19.1. The Balaban J connectivity index is 0.000000189. The predicted molar refractivity (Wildman–Crippen MR) is 258 cm³/mol. The van der Waals surface area contributed by atoms with Crippen molar-refractivity contribution in [2.75, 3.05) is 23.8 Å². The van der Waals surface area contributed by atoms with Gasteiger partial charge in [-0.2, -0.15) is 20.0 Å². The van der Waals surface area contributed by atoms with Crippen molar-refractivity contribution in [1.29, 1.82) is 0 Å². The monoisotopic (exact) mass is 941 g/mol. The van der Waals surface area contributed by atoms with E-state index in [0.29, 0.717) is 79.6 Å². The summed E-state index contributed by atoms with van der Waals surface area (Å²) in [6.07, 6.45) is 6.72. The molecule has 0 saturated carbocycles. The van der Waals surface area contributed by atoms with Crippen molar-refractivity contribution in [3.8, 4) is 16.9 Å². The maximum Gasteiger partial charge on any atom is 0.496 e. The fraction of sp³-hybridized carbons (Fsp3) is 0.375. The van der Waals surface area contributed by atoms with Crippen molar-refractivity contribution < 1.29 is 28.0 Å². The predicted octanol–water partition coefficient (Wildman–Crippen LogP) is 5.02. The minimum Gasteiger partial charge on any atom is -0.399 e. The van der Waals surface area contributed by atoms with E-state index in [1.54, 1.807) is 50.8 Å². The summed E-state index contributed by atoms with van der Waals surface area (Å²) in [5.74, 6) is 0.375. The van der Waals surface area contributed by atoms with Gasteiger partial charge in [-0.1, -0.05) is 20.8 Å². The molecule has 0 atom stereocenters. The smallest absolute Gasteiger partial charge is 0.399 e. The van der Waals surface area contributed by atoms with Crippen LogP contribution in [-0.4, -0.2) is 81.3 Å². The number of nitrogens with one attached hydrogen (secondary N) is 2. The second kappa shape index (κ2) is 17.8. The van der Waals surface area contributed by atoms with Crippen LogP contribution >= 0.6 is 0 Å². The molecule has 0 radical (unpaired) electrons. The van der Waals surface area contributed by atoms with Gasteiger partial charge in [0, 0.05) is 61.2 Å². The summed E-state index contributed by atoms with van der Waals surface area (Å²) in [4.78, 5) is 55.8. The van der Waals surface area contributed by atoms with Gasteiger partial charge < -0.3 is 38.6 Å². The number of carbonyl (C=O) groups is 1. The van der Waals surface area contributed by atoms with E-state index in [4.69, 9.17) is 18.8 Å². The number of anilines is 4. The lowest BCUT2D eigenvalue weighted by Gasteiger charge is -2.32. The highest BCUT2D eigenvalue weighted by Gasteiger charge is 2.52. The zero-order valence-corrected chi connectivity index (χ0v) is 39.9. The fourth-order valence-electron chi connectivity index (χ4n) is 8.28. The number of ether oxygens (including phenoxy) is 2. The lowest BCUT2D eigenvalue weighted by Crippen LogP contribution is -2.41. The van der Waals surface area contributed by atoms with Crippen LogP contribution in [0.3, 0.4) is 0 Å². The third-order valence-corrected chi connectivity index (χ3v) is 12.9. The van der Waals surface area contributed by atoms with Crippen molar-refractivity contribution in [2.45, 2.75) is 91.4 Å². The maximum atomic E-state index is 15.3. The molecule has 0 spiro atoms. The topological polar surface area (TPSA) is 205 Å². The average molecular weight is 942 g/mol. The third-order valence-electron chi connectivity index (χ3n) is 12.9. The number of fused-ring (bicyclic) bond motifs is 3. The number of hydrogen-bond acceptors (Lipinski definition) is 14. The van der Waals surface area contributed by atoms with E-state index in [2.05, 4.69) is 30.9 Å². The Bertz CT molecular complexity index is 3280. The van der Waals surface area contributed by atoms with Gasteiger partial charge in [-0.3, -0.25) is 28.5 Å². The molecule has 0 bridgehead atoms. The SMILES string of the molecule is Cn1cc(-c2ccnc(-n3ncc4cc(C(C)(C)C)cc(F)c4c3=O)c2C=O)cc(Nc2cc3n(n2)CCOC3)c1=O.Cn1cc(B2OC(C)(C)C(C)(C)O2)cc(Nc2cc3n(n2)CCOC3)c1=O. The Labute approximate surface area is 395 Å². The molecule has 358 valence electrons. The van der Waals surface area contributed by atoms with E-state index in [1.165, 1.54) is 27.6 Å². The third kappa shape index (κ3) is 9.05. The van der Waals surface area contributed by atoms with E-state index in [1.807, 2.05) is 70.0 Å². The standard InChI is InChI=1S/C30H28FN7O4.C18H25BN4O4/c1-30(2,3)19-9-17-13-33-38(29(41)26(17)23(31)11-19)27-22(15-39)21(5-6-32-27)18-10-24(28(40)36(4)14-18)34-25-12-20-16-42-8-7-37(20)35-25;1-17(2)18(3,4)27-19(26-17)12-8-14(16(24)22(5)10-12)20-15-9-13-11-25-7-6-23(13)21-15/h5-6,9-15H,7-8,16H2,1-4H3,(H,34,35);8-10H,6-7,11H2,1-5H3,(H,20,21). The molecule has 0 unspecified atom stereocenters. The minimum atomic E-state index is -0.742. The number of aryl methyl sites for hydroxylation is 2. The molecule has 21 heteroatoms. The largest absolute Gasteiger partial charge is 0.496 e. The Morgan fingerprint density at radius 2 is 1.36 bits per heavy atom. The Kier molecular flexibility index (Phi) is 12.1. The zero-order chi connectivity index (χ0) is 49.2. The van der Waals surface area contributed by atoms with Crippen molar-refractivity contribution in [3.05, 3.63) is 127 Å². The molecule has 3 aliphatic rings. The molecule has 19 nitrogen and oxygen atoms in total. The number of carbonyl (C=O) groups excluding carboxylic acids is 1. The summed E-state index contributed by atoms with van der Waals surface area (Å²) in [6, 6.07) is 11.8. The maximum absolute atomic E-state index is 15.3. The second-order valence-electron chi connectivity index (χ2n) is 19.3. The molecule has 1 saturated heterocycles. The molecule has 0 aliphatic carbocycles. The number of benzene rings is 1. The first-order valence-corrected chi connectivity index (χ1v) is 22.5. The molecule has 3 aliphatic heterocycles. The Morgan fingerprint density at radius 1 is 0.783 bits per heavy atom. The van der Waals surface area contributed by atoms with Crippen LogP contribution in [0.1, 0.15) is 75.8 Å². The number of aldehydes is 1. The minimum absolute atomic E-state index is 0.0531. The molecule has 10 rings (SSSR count). The normalized spacial score (nSPS) is 16.1. The number of pyridine rings is 3. The van der Waals surface area contributed by atoms with E-state index < -0.39 is 29.7 Å². The first-order chi connectivity index (χ1) is 32.7. The summed E-state index contributed by atoms with van der Waals surface area (Å²) in [5.41, 5.74) is 2.61. The van der Waals surface area contributed by atoms with Crippen LogP contribution in [0.25, 0.3) is 27.7 Å². The van der Waals surface area contributed by atoms with Crippen molar-refractivity contribution >= 4 is 52.7 Å². The lowest BCUT2D eigenvalue weighted by molar-refractivity contribution is 0.00578. The molecular weight excluding hydrogens is 888 g/mol. The van der Waals surface area contributed by atoms with Crippen LogP contribution in [0.2, 0.25) is 0 Å². The van der Waals surface area contributed by atoms with Gasteiger partial charge in [0.05, 0.1) is 79.3 Å². The van der Waals surface area contributed by atoms with Crippen LogP contribution in [0.5, 0.6) is 0 Å². The summed E-state index contributed by atoms with van der Waals surface area (Å²) in [6.45, 7) is 17.4. The molecule has 7 aromatic rings. The number of aromatic nitrogens is 9. The van der Waals surface area contributed by atoms with Crippen LogP contribution in [-0.2, 0) is 64.6 Å². The molecule has 6 aromatic heterocycles. The van der Waals surface area contributed by atoms with Crippen LogP contribution in [0, 0.1) is 5.82 Å². The van der Waals surface area contributed by atoms with Crippen LogP contribution in [0.15, 0.2) is 81.6 Å². The zero-order valence-electron chi connectivity index (χ0n) is 39.9. The average Bonchev–Trinajstić information content (AvgIpc) is 3.97. The second-order valence-corrected chi connectivity index (χ2v) is 19.3. The van der Waals surface area contributed by atoms with E-state index in [9.17, 15) is 19.2 Å². The van der Waals surface area contributed by atoms with Gasteiger partial charge in [0.25, 0.3) is 16.7 Å². The molecule has 1 aromatic carbocycles. The number of halogens is 1. The van der Waals surface area contributed by atoms with Gasteiger partial charge in [0.1, 0.15) is 17.2 Å². The van der Waals surface area contributed by atoms with Gasteiger partial charge in [0.2, 0.25) is 0 Å². The fourth-order valence-corrected chi connectivity index (χ4v) is 8.28. The van der Waals surface area contributed by atoms with Gasteiger partial charge in [-0.15, -0.1) is 0 Å². The van der Waals surface area contributed by atoms with E-state index in [0.717, 1.165) is 27.1 Å². The van der Waals surface area contributed by atoms with Gasteiger partial charge >= 0.3 is 7.12 Å². The lowest BCUT2D eigenvalue weighted by atomic mass is 9.80. The highest BCUT2D eigenvalue weighted by Crippen LogP contribution is 2.37. The first kappa shape index (κ1) is 47.0. The molecule has 9 heterocycles. The number of hydrogen-bond donors (Lipinski definition) is 2. The van der Waals surface area contributed by atoms with E-state index in [-0.39, 0.29) is 39.0 Å². The molecule has 69 heavy (non-hydrogen) atoms. The van der Waals surface area contributed by atoms with E-state index >= 15 is 4.39 Å². The Morgan fingerprint density at radius 3 is 1.93 bits per heavy atom. The van der Waals surface area contributed by atoms with Crippen molar-refractivity contribution in [3.63, 3.8) is 0 Å². The number of rotatable bonds is 8. The molecule has 2 N–H and O–H groups in total. The first-order valence-electron chi connectivity index (χ1n) is 22.5. The quantitative estimate of drug-likeness (QED) is 0.152. The molecular formula is C48H53BFN11O8. The number of nitrogens with zero attached hydrogens (tertiary/aromatic N) is 9.